The number of carboxylic acid groups (broad SMARTS) is 1. The zero-order valence-corrected chi connectivity index (χ0v) is 37.5. The van der Waals surface area contributed by atoms with E-state index >= 15 is 0 Å². The van der Waals surface area contributed by atoms with E-state index in [2.05, 4.69) is 75.4 Å². The van der Waals surface area contributed by atoms with Gasteiger partial charge in [-0.3, -0.25) is 0 Å². The maximum absolute atomic E-state index is 12.5. The molecule has 0 aromatic rings. The summed E-state index contributed by atoms with van der Waals surface area (Å²) in [6, 6.07) is 0. The zero-order chi connectivity index (χ0) is 36.6. The summed E-state index contributed by atoms with van der Waals surface area (Å²) in [5.74, 6) is -1.60. The number of carbonyl (C=O) groups is 1. The quantitative estimate of drug-likeness (QED) is 0.102. The first-order valence-corrected chi connectivity index (χ1v) is 31.0. The Kier molecular flexibility index (Phi) is 16.9. The predicted molar refractivity (Wildman–Crippen MR) is 203 cm³/mol. The van der Waals surface area contributed by atoms with Gasteiger partial charge in [0.2, 0.25) is 0 Å². The van der Waals surface area contributed by atoms with Crippen LogP contribution in [0.2, 0.25) is 35.9 Å². The van der Waals surface area contributed by atoms with Crippen LogP contribution in [0, 0.1) is 17.8 Å². The van der Waals surface area contributed by atoms with Crippen LogP contribution < -0.4 is 0 Å². The van der Waals surface area contributed by atoms with Crippen molar-refractivity contribution in [1.82, 2.24) is 0 Å². The average Bonchev–Trinajstić information content (AvgIpc) is 3.49. The molecule has 3 fully saturated rings. The topological polar surface area (TPSA) is 92.7 Å². The molecule has 3 aliphatic rings. The van der Waals surface area contributed by atoms with Gasteiger partial charge in [-0.05, 0) is 0 Å². The number of hydrogen-bond donors (Lipinski definition) is 1. The zero-order valence-electron chi connectivity index (χ0n) is 33.6. The molecule has 8 nitrogen and oxygen atoms in total. The van der Waals surface area contributed by atoms with Gasteiger partial charge in [-0.2, -0.15) is 0 Å². The number of rotatable bonds is 19. The summed E-state index contributed by atoms with van der Waals surface area (Å²) < 4.78 is 46.6. The van der Waals surface area contributed by atoms with Crippen molar-refractivity contribution in [3.8, 4) is 0 Å². The molecule has 3 heterocycles. The number of methoxy groups -OCH3 is 1. The summed E-state index contributed by atoms with van der Waals surface area (Å²) in [6.45, 7) is 25.6. The van der Waals surface area contributed by atoms with Crippen LogP contribution in [0.4, 0.5) is 0 Å². The van der Waals surface area contributed by atoms with Gasteiger partial charge in [0.1, 0.15) is 0 Å². The maximum atomic E-state index is 12.5. The second-order valence-corrected chi connectivity index (χ2v) is 36.6. The summed E-state index contributed by atoms with van der Waals surface area (Å²) in [5, 5.41) is 10.2. The molecule has 1 unspecified atom stereocenters. The van der Waals surface area contributed by atoms with Crippen molar-refractivity contribution in [2.75, 3.05) is 13.7 Å². The van der Waals surface area contributed by atoms with Crippen LogP contribution in [0.15, 0.2) is 0 Å². The third-order valence-electron chi connectivity index (χ3n) is 13.0. The number of fused-ring (bicyclic) bond motifs is 1. The van der Waals surface area contributed by atoms with Gasteiger partial charge in [-0.15, -0.1) is 0 Å². The van der Waals surface area contributed by atoms with E-state index in [0.717, 1.165) is 19.3 Å². The molecule has 0 bridgehead atoms. The first kappa shape index (κ1) is 43.6. The van der Waals surface area contributed by atoms with Crippen LogP contribution in [0.5, 0.6) is 0 Å². The van der Waals surface area contributed by atoms with E-state index < -0.39 is 63.1 Å². The van der Waals surface area contributed by atoms with Crippen molar-refractivity contribution in [3.05, 3.63) is 0 Å². The van der Waals surface area contributed by atoms with Gasteiger partial charge in [0.15, 0.2) is 0 Å². The molecule has 3 rings (SSSR count). The molecule has 288 valence electrons. The second kappa shape index (κ2) is 19.0. The van der Waals surface area contributed by atoms with Gasteiger partial charge in [-0.1, -0.05) is 0 Å². The van der Waals surface area contributed by atoms with Crippen LogP contribution >= 0.6 is 0 Å². The molecule has 0 radical (unpaired) electrons. The fourth-order valence-corrected chi connectivity index (χ4v) is 26.1. The standard InChI is InChI=1S/C27H49O8Si.3C4H9.Sn/c1-11-21(30-8)33-22-17(3)24(35-36(9,10)26(5,6)7)25-23(32-19(22)15-20(28)29)16(2)18(4)27(34-25)13-12-14-31-27;3*1-3-4-2;/h16-19,21-25H,1,11-15H2,2-10H3,(H,28,29);3*1,3-4H2,2H3;/t16-,17+,18-,19-,21?,22+,23+,24-,25+,27+;;;;/m0..../s1. The van der Waals surface area contributed by atoms with Gasteiger partial charge >= 0.3 is 307 Å². The Morgan fingerprint density at radius 2 is 1.53 bits per heavy atom. The first-order chi connectivity index (χ1) is 23.0. The van der Waals surface area contributed by atoms with Gasteiger partial charge in [-0.25, -0.2) is 0 Å². The second-order valence-electron chi connectivity index (χ2n) is 17.5. The number of ether oxygens (including phenoxy) is 5. The number of hydrogen-bond acceptors (Lipinski definition) is 7. The van der Waals surface area contributed by atoms with E-state index in [4.69, 9.17) is 28.1 Å². The molecule has 0 saturated carbocycles. The molecule has 10 atom stereocenters. The van der Waals surface area contributed by atoms with E-state index in [-0.39, 0.29) is 41.4 Å². The number of aliphatic carboxylic acids is 1. The molecule has 3 saturated heterocycles. The van der Waals surface area contributed by atoms with Crippen LogP contribution in [-0.2, 0) is 32.9 Å². The van der Waals surface area contributed by atoms with Crippen molar-refractivity contribution >= 4 is 32.7 Å². The number of carboxylic acids is 1. The summed E-state index contributed by atoms with van der Waals surface area (Å²) in [6.07, 6.45) is 7.53. The van der Waals surface area contributed by atoms with Crippen molar-refractivity contribution in [1.29, 1.82) is 0 Å². The van der Waals surface area contributed by atoms with Crippen LogP contribution in [0.25, 0.3) is 0 Å². The Morgan fingerprint density at radius 3 is 2.00 bits per heavy atom. The van der Waals surface area contributed by atoms with Gasteiger partial charge in [0, 0.05) is 0 Å². The van der Waals surface area contributed by atoms with E-state index in [1.165, 1.54) is 56.3 Å². The third kappa shape index (κ3) is 10.9. The summed E-state index contributed by atoms with van der Waals surface area (Å²) in [4.78, 5) is 12.5. The third-order valence-corrected chi connectivity index (χ3v) is 33.4. The molecule has 0 amide bonds. The predicted octanol–water partition coefficient (Wildman–Crippen LogP) is 10.0. The van der Waals surface area contributed by atoms with Gasteiger partial charge < -0.3 is 0 Å². The van der Waals surface area contributed by atoms with Crippen molar-refractivity contribution < 1.29 is 38.0 Å². The fraction of sp³-hybridized carbons (Fsp3) is 0.974. The first-order valence-electron chi connectivity index (χ1n) is 20.1. The summed E-state index contributed by atoms with van der Waals surface area (Å²) >= 11 is -2.46. The fourth-order valence-electron chi connectivity index (χ4n) is 8.52. The molecule has 0 aliphatic carbocycles. The molecule has 49 heavy (non-hydrogen) atoms. The minimum atomic E-state index is -2.46. The number of unbranched alkanes of at least 4 members (excludes halogenated alkanes) is 3. The Hall–Kier alpha value is 0.246. The Balaban J connectivity index is 2.02. The van der Waals surface area contributed by atoms with Crippen LogP contribution in [0.3, 0.4) is 0 Å². The Bertz CT molecular complexity index is 976. The van der Waals surface area contributed by atoms with Crippen molar-refractivity contribution in [2.45, 2.75) is 205 Å². The van der Waals surface area contributed by atoms with Crippen LogP contribution in [-0.4, -0.2) is 94.1 Å². The molecule has 0 aromatic heterocycles. The van der Waals surface area contributed by atoms with E-state index in [1.54, 1.807) is 7.11 Å². The molecular formula is C39H76O8SiSn. The summed E-state index contributed by atoms with van der Waals surface area (Å²) in [7, 11) is -0.557. The molecule has 0 aromatic carbocycles. The van der Waals surface area contributed by atoms with Gasteiger partial charge in [0.05, 0.1) is 0 Å². The Labute approximate surface area is 305 Å². The molecule has 10 heteroatoms. The molecule has 1 N–H and O–H groups in total. The Morgan fingerprint density at radius 1 is 0.939 bits per heavy atom. The van der Waals surface area contributed by atoms with Gasteiger partial charge in [0.25, 0.3) is 0 Å². The minimum absolute atomic E-state index is 0.0256. The summed E-state index contributed by atoms with van der Waals surface area (Å²) in [5.41, 5.74) is 0. The van der Waals surface area contributed by atoms with Crippen LogP contribution in [0.1, 0.15) is 127 Å². The van der Waals surface area contributed by atoms with E-state index in [0.29, 0.717) is 6.61 Å². The van der Waals surface area contributed by atoms with Crippen molar-refractivity contribution in [3.63, 3.8) is 0 Å². The molecular weight excluding hydrogens is 743 g/mol. The van der Waals surface area contributed by atoms with E-state index in [9.17, 15) is 9.90 Å². The SMILES string of the molecule is CCC[CH2][Sn]([CH2]CCC)([CH2]CCC)[CH2]CC(OC)O[C@@H]1[C@@H](C)[C@H](O[Si](C)(C)C(C)(C)C)[C@@H]2O[C@]3(CCCO3)[C@@H](C)[C@H](C)[C@H]2O[C@H]1CC(=O)O. The van der Waals surface area contributed by atoms with Crippen molar-refractivity contribution in [2.24, 2.45) is 17.8 Å². The monoisotopic (exact) mass is 820 g/mol. The van der Waals surface area contributed by atoms with E-state index in [1.807, 2.05) is 0 Å². The molecule has 1 spiro atoms. The average molecular weight is 820 g/mol. The normalized spacial score (nSPS) is 33.4. The molecule has 3 aliphatic heterocycles.